The van der Waals surface area contributed by atoms with Crippen molar-refractivity contribution in [2.45, 2.75) is 31.4 Å². The Morgan fingerprint density at radius 2 is 1.26 bits per heavy atom. The molecule has 0 atom stereocenters. The lowest BCUT2D eigenvalue weighted by Gasteiger charge is -2.27. The van der Waals surface area contributed by atoms with Gasteiger partial charge in [-0.2, -0.15) is 26.7 Å². The number of urea groups is 2. The zero-order valence-electron chi connectivity index (χ0n) is 31.2. The predicted molar refractivity (Wildman–Crippen MR) is 215 cm³/mol. The highest BCUT2D eigenvalue weighted by atomic mass is 35.5. The summed E-state index contributed by atoms with van der Waals surface area (Å²) >= 11 is 11.8. The number of aromatic amines is 2. The Balaban J connectivity index is 0.000000170. The molecule has 0 radical (unpaired) electrons. The number of H-pyrrole nitrogens is 2. The van der Waals surface area contributed by atoms with E-state index in [0.717, 1.165) is 28.9 Å². The first-order chi connectivity index (χ1) is 29.1. The molecule has 0 spiro atoms. The van der Waals surface area contributed by atoms with Gasteiger partial charge in [-0.05, 0) is 36.4 Å². The number of rotatable bonds is 6. The molecule has 4 amide bonds. The molecule has 2 aliphatic rings. The fourth-order valence-electron chi connectivity index (χ4n) is 5.77. The van der Waals surface area contributed by atoms with E-state index in [1.54, 1.807) is 53.7 Å². The first kappa shape index (κ1) is 44.2. The fraction of sp³-hybridized carbons (Fsp3) is 0.200. The van der Waals surface area contributed by atoms with Gasteiger partial charge in [0.25, 0.3) is 5.88 Å². The Labute approximate surface area is 354 Å². The summed E-state index contributed by atoms with van der Waals surface area (Å²) in [5.74, 6) is -0.734. The van der Waals surface area contributed by atoms with Gasteiger partial charge >= 0.3 is 34.8 Å². The highest BCUT2D eigenvalue weighted by Gasteiger charge is 2.49. The number of carbonyl (C=O) groups is 2. The van der Waals surface area contributed by atoms with Gasteiger partial charge in [-0.25, -0.2) is 29.5 Å². The van der Waals surface area contributed by atoms with E-state index >= 15 is 0 Å². The monoisotopic (exact) mass is 902 g/mol. The molecule has 4 aromatic heterocycles. The second kappa shape index (κ2) is 19.4. The SMILES string of the molecule is O=C(Nc1cccc(Cl)c1)N1CCc2[nH]nc(-c3cncnc3)c2C1.O=C(Nc1cccc(Cl)c1)N1CCc2[nH]nc(OS(=O)(=O)C(F)(F)F)c2C1.OB(O)c1cncnc1. The quantitative estimate of drug-likeness (QED) is 0.0782. The Bertz CT molecular complexity index is 2580. The zero-order valence-corrected chi connectivity index (χ0v) is 33.5. The molecule has 0 unspecified atom stereocenters. The second-order valence-corrected chi connectivity index (χ2v) is 15.3. The van der Waals surface area contributed by atoms with Crippen LogP contribution in [-0.2, 0) is 36.0 Å². The minimum Gasteiger partial charge on any atom is -0.423 e. The van der Waals surface area contributed by atoms with Crippen LogP contribution in [0.2, 0.25) is 10.0 Å². The van der Waals surface area contributed by atoms with E-state index in [-0.39, 0.29) is 31.1 Å². The smallest absolute Gasteiger partial charge is 0.423 e. The molecule has 61 heavy (non-hydrogen) atoms. The third-order valence-corrected chi connectivity index (χ3v) is 10.2. The van der Waals surface area contributed by atoms with E-state index in [1.165, 1.54) is 36.0 Å². The Kier molecular flexibility index (Phi) is 14.0. The number of carbonyl (C=O) groups excluding carboxylic acids is 2. The van der Waals surface area contributed by atoms with Gasteiger partial charge in [0, 0.05) is 100 Å². The largest absolute Gasteiger partial charge is 0.534 e. The van der Waals surface area contributed by atoms with Crippen LogP contribution in [0.25, 0.3) is 11.3 Å². The van der Waals surface area contributed by atoms with Gasteiger partial charge in [0.2, 0.25) is 0 Å². The van der Waals surface area contributed by atoms with Crippen LogP contribution in [0.15, 0.2) is 86.0 Å². The third kappa shape index (κ3) is 11.5. The van der Waals surface area contributed by atoms with Crippen LogP contribution in [0, 0.1) is 0 Å². The highest BCUT2D eigenvalue weighted by molar-refractivity contribution is 7.88. The number of aromatic nitrogens is 8. The van der Waals surface area contributed by atoms with Gasteiger partial charge < -0.3 is 34.7 Å². The van der Waals surface area contributed by atoms with Crippen molar-refractivity contribution in [1.82, 2.24) is 50.1 Å². The van der Waals surface area contributed by atoms with E-state index in [1.807, 2.05) is 6.07 Å². The fourth-order valence-corrected chi connectivity index (χ4v) is 6.59. The number of alkyl halides is 3. The van der Waals surface area contributed by atoms with Crippen molar-refractivity contribution in [3.8, 4) is 17.1 Å². The highest BCUT2D eigenvalue weighted by Crippen LogP contribution is 2.32. The van der Waals surface area contributed by atoms with Gasteiger partial charge in [-0.3, -0.25) is 10.2 Å². The summed E-state index contributed by atoms with van der Waals surface area (Å²) in [6.07, 6.45) is 9.89. The van der Waals surface area contributed by atoms with Crippen LogP contribution in [-0.4, -0.2) is 106 Å². The van der Waals surface area contributed by atoms with E-state index in [4.69, 9.17) is 33.2 Å². The summed E-state index contributed by atoms with van der Waals surface area (Å²) in [7, 11) is -7.33. The Hall–Kier alpha value is -6.34. The van der Waals surface area contributed by atoms with Crippen molar-refractivity contribution >= 4 is 69.3 Å². The van der Waals surface area contributed by atoms with Crippen molar-refractivity contribution in [1.29, 1.82) is 0 Å². The Morgan fingerprint density at radius 3 is 1.75 bits per heavy atom. The molecule has 0 saturated carbocycles. The summed E-state index contributed by atoms with van der Waals surface area (Å²) in [5.41, 5.74) is -0.0476. The summed E-state index contributed by atoms with van der Waals surface area (Å²) in [6, 6.07) is 12.8. The van der Waals surface area contributed by atoms with Crippen LogP contribution in [0.1, 0.15) is 22.5 Å². The average molecular weight is 903 g/mol. The zero-order chi connectivity index (χ0) is 43.7. The van der Waals surface area contributed by atoms with E-state index in [0.29, 0.717) is 45.7 Å². The number of nitrogens with one attached hydrogen (secondary N) is 4. The second-order valence-electron chi connectivity index (χ2n) is 12.9. The number of hydrogen-bond donors (Lipinski definition) is 6. The van der Waals surface area contributed by atoms with E-state index < -0.39 is 34.7 Å². The molecule has 6 aromatic rings. The van der Waals surface area contributed by atoms with Crippen LogP contribution in [0.4, 0.5) is 34.1 Å². The summed E-state index contributed by atoms with van der Waals surface area (Å²) < 4.78 is 64.0. The lowest BCUT2D eigenvalue weighted by Crippen LogP contribution is -2.39. The molecule has 318 valence electrons. The maximum atomic E-state index is 12.6. The number of anilines is 2. The van der Waals surface area contributed by atoms with Crippen LogP contribution >= 0.6 is 23.2 Å². The molecule has 8 rings (SSSR count). The molecule has 19 nitrogen and oxygen atoms in total. The number of fused-ring (bicyclic) bond motifs is 2. The lowest BCUT2D eigenvalue weighted by molar-refractivity contribution is -0.0501. The van der Waals surface area contributed by atoms with Crippen LogP contribution in [0.5, 0.6) is 5.88 Å². The van der Waals surface area contributed by atoms with Gasteiger partial charge in [-0.15, -0.1) is 5.10 Å². The molecule has 6 N–H and O–H groups in total. The predicted octanol–water partition coefficient (Wildman–Crippen LogP) is 4.15. The first-order valence-corrected chi connectivity index (χ1v) is 19.9. The minimum atomic E-state index is -5.86. The maximum absolute atomic E-state index is 12.6. The number of halogens is 5. The normalized spacial score (nSPS) is 13.3. The van der Waals surface area contributed by atoms with Gasteiger partial charge in [-0.1, -0.05) is 35.3 Å². The molecular weight excluding hydrogens is 871 g/mol. The molecule has 0 aliphatic carbocycles. The molecule has 0 bridgehead atoms. The van der Waals surface area contributed by atoms with Crippen LogP contribution < -0.4 is 20.3 Å². The molecule has 26 heteroatoms. The van der Waals surface area contributed by atoms with Crippen molar-refractivity contribution in [3.05, 3.63) is 119 Å². The molecular formula is C35H32BCl2F3N12O7S. The molecule has 2 aromatic carbocycles. The van der Waals surface area contributed by atoms with Crippen molar-refractivity contribution in [3.63, 3.8) is 0 Å². The van der Waals surface area contributed by atoms with Crippen molar-refractivity contribution in [2.75, 3.05) is 23.7 Å². The maximum Gasteiger partial charge on any atom is 0.534 e. The topological polar surface area (TPSA) is 257 Å². The summed E-state index contributed by atoms with van der Waals surface area (Å²) in [4.78, 5) is 43.2. The van der Waals surface area contributed by atoms with Crippen LogP contribution in [0.3, 0.4) is 0 Å². The summed E-state index contributed by atoms with van der Waals surface area (Å²) in [6.45, 7) is 1.16. The number of benzene rings is 2. The first-order valence-electron chi connectivity index (χ1n) is 17.7. The van der Waals surface area contributed by atoms with E-state index in [2.05, 4.69) is 55.1 Å². The third-order valence-electron chi connectivity index (χ3n) is 8.74. The standard InChI is InChI=1S/C17H15ClN6O.C14H12ClF3N4O4S.C4H5BN2O2/c18-12-2-1-3-13(6-12)21-17(25)24-5-4-15-14(9-24)16(23-22-15)11-7-19-10-20-8-11;15-8-2-1-3-9(6-8)19-13(23)22-5-4-11-10(7-22)12(21-20-11)26-27(24,25)14(16,17)18;8-5(9)4-1-6-3-7-2-4/h1-3,6-8,10H,4-5,9H2,(H,21,25)(H,22,23);1-3,6H,4-5,7H2,(H,19,23)(H,20,21);1-3,8-9H. The average Bonchev–Trinajstić information content (AvgIpc) is 3.85. The Morgan fingerprint density at radius 1 is 0.770 bits per heavy atom. The minimum absolute atomic E-state index is 0.0651. The lowest BCUT2D eigenvalue weighted by atomic mass is 9.83. The number of amides is 4. The van der Waals surface area contributed by atoms with Gasteiger partial charge in [0.15, 0.2) is 0 Å². The van der Waals surface area contributed by atoms with Gasteiger partial charge in [0.1, 0.15) is 18.3 Å². The number of nitrogens with zero attached hydrogens (tertiary/aromatic N) is 8. The molecule has 0 saturated heterocycles. The molecule has 2 aliphatic heterocycles. The number of hydrogen-bond acceptors (Lipinski definition) is 13. The molecule has 6 heterocycles. The van der Waals surface area contributed by atoms with Gasteiger partial charge in [0.05, 0.1) is 18.7 Å². The molecule has 0 fully saturated rings. The summed E-state index contributed by atoms with van der Waals surface area (Å²) in [5, 5.41) is 36.8. The van der Waals surface area contributed by atoms with E-state index in [9.17, 15) is 31.2 Å². The van der Waals surface area contributed by atoms with Crippen molar-refractivity contribution in [2.24, 2.45) is 0 Å². The van der Waals surface area contributed by atoms with Crippen molar-refractivity contribution < 1.29 is 45.4 Å².